The Hall–Kier alpha value is -1.99. The van der Waals surface area contributed by atoms with E-state index in [0.29, 0.717) is 24.3 Å². The van der Waals surface area contributed by atoms with Crippen molar-refractivity contribution >= 4 is 21.6 Å². The van der Waals surface area contributed by atoms with Gasteiger partial charge in [-0.25, -0.2) is 4.98 Å². The van der Waals surface area contributed by atoms with Crippen LogP contribution in [0.4, 0.5) is 0 Å². The molecule has 0 aliphatic heterocycles. The van der Waals surface area contributed by atoms with Gasteiger partial charge in [-0.1, -0.05) is 55.9 Å². The van der Waals surface area contributed by atoms with Crippen molar-refractivity contribution in [3.8, 4) is 10.9 Å². The number of rotatable bonds is 13. The SMILES string of the molecule is CCC(C)CN(CCOCCO)CCc1ccc(Oc2nc3ccccc3s2)cc1. The zero-order valence-electron chi connectivity index (χ0n) is 17.9. The lowest BCUT2D eigenvalue weighted by Crippen LogP contribution is -2.33. The van der Waals surface area contributed by atoms with Gasteiger partial charge in [0.1, 0.15) is 5.75 Å². The third-order valence-electron chi connectivity index (χ3n) is 5.17. The summed E-state index contributed by atoms with van der Waals surface area (Å²) in [4.78, 5) is 6.98. The third-order valence-corrected chi connectivity index (χ3v) is 6.09. The molecule has 0 spiro atoms. The smallest absolute Gasteiger partial charge is 0.279 e. The van der Waals surface area contributed by atoms with E-state index in [2.05, 4.69) is 41.9 Å². The molecule has 1 atom stereocenters. The van der Waals surface area contributed by atoms with Crippen molar-refractivity contribution < 1.29 is 14.6 Å². The van der Waals surface area contributed by atoms with Crippen molar-refractivity contribution in [2.24, 2.45) is 5.92 Å². The van der Waals surface area contributed by atoms with Gasteiger partial charge in [0.15, 0.2) is 0 Å². The zero-order valence-corrected chi connectivity index (χ0v) is 18.7. The Bertz CT molecular complexity index is 849. The molecule has 0 saturated heterocycles. The van der Waals surface area contributed by atoms with Crippen LogP contribution in [0.1, 0.15) is 25.8 Å². The molecule has 30 heavy (non-hydrogen) atoms. The topological polar surface area (TPSA) is 54.8 Å². The second-order valence-electron chi connectivity index (χ2n) is 7.59. The van der Waals surface area contributed by atoms with Gasteiger partial charge in [-0.2, -0.15) is 0 Å². The molecule has 1 unspecified atom stereocenters. The van der Waals surface area contributed by atoms with Crippen LogP contribution in [0.3, 0.4) is 0 Å². The average Bonchev–Trinajstić information content (AvgIpc) is 3.18. The van der Waals surface area contributed by atoms with Crippen LogP contribution >= 0.6 is 11.3 Å². The predicted molar refractivity (Wildman–Crippen MR) is 124 cm³/mol. The first kappa shape index (κ1) is 22.7. The van der Waals surface area contributed by atoms with Crippen molar-refractivity contribution in [2.45, 2.75) is 26.7 Å². The lowest BCUT2D eigenvalue weighted by Gasteiger charge is -2.25. The van der Waals surface area contributed by atoms with Gasteiger partial charge in [-0.05, 0) is 42.2 Å². The number of benzene rings is 2. The van der Waals surface area contributed by atoms with E-state index in [-0.39, 0.29) is 6.61 Å². The van der Waals surface area contributed by atoms with E-state index in [1.54, 1.807) is 11.3 Å². The van der Waals surface area contributed by atoms with Crippen molar-refractivity contribution in [1.29, 1.82) is 0 Å². The van der Waals surface area contributed by atoms with Crippen LogP contribution in [0, 0.1) is 5.92 Å². The van der Waals surface area contributed by atoms with Crippen molar-refractivity contribution in [1.82, 2.24) is 9.88 Å². The van der Waals surface area contributed by atoms with Crippen LogP contribution in [-0.4, -0.2) is 54.4 Å². The number of fused-ring (bicyclic) bond motifs is 1. The minimum absolute atomic E-state index is 0.0802. The first-order valence-electron chi connectivity index (χ1n) is 10.7. The molecule has 6 heteroatoms. The molecular weight excluding hydrogens is 396 g/mol. The normalized spacial score (nSPS) is 12.5. The number of hydrogen-bond acceptors (Lipinski definition) is 6. The molecule has 3 aromatic rings. The van der Waals surface area contributed by atoms with E-state index in [9.17, 15) is 0 Å². The van der Waals surface area contributed by atoms with Gasteiger partial charge in [0.2, 0.25) is 0 Å². The number of ether oxygens (including phenoxy) is 2. The number of thiazole rings is 1. The Kier molecular flexibility index (Phi) is 9.08. The summed E-state index contributed by atoms with van der Waals surface area (Å²) >= 11 is 1.56. The fourth-order valence-corrected chi connectivity index (χ4v) is 4.07. The maximum atomic E-state index is 8.87. The second-order valence-corrected chi connectivity index (χ2v) is 8.59. The number of aliphatic hydroxyl groups is 1. The zero-order chi connectivity index (χ0) is 21.2. The molecule has 0 bridgehead atoms. The van der Waals surface area contributed by atoms with Gasteiger partial charge in [-0.3, -0.25) is 0 Å². The Morgan fingerprint density at radius 2 is 1.87 bits per heavy atom. The standard InChI is InChI=1S/C24H32N2O3S/c1-3-19(2)18-26(14-16-28-17-15-27)13-12-20-8-10-21(11-9-20)29-24-25-22-6-4-5-7-23(22)30-24/h4-11,19,27H,3,12-18H2,1-2H3. The van der Waals surface area contributed by atoms with Gasteiger partial charge in [0.05, 0.1) is 30.0 Å². The van der Waals surface area contributed by atoms with Gasteiger partial charge < -0.3 is 19.5 Å². The van der Waals surface area contributed by atoms with Crippen LogP contribution < -0.4 is 4.74 Å². The van der Waals surface area contributed by atoms with Crippen molar-refractivity contribution in [2.75, 3.05) is 39.5 Å². The summed E-state index contributed by atoms with van der Waals surface area (Å²) in [7, 11) is 0. The predicted octanol–water partition coefficient (Wildman–Crippen LogP) is 4.99. The molecule has 1 N–H and O–H groups in total. The molecule has 0 saturated carbocycles. The summed E-state index contributed by atoms with van der Waals surface area (Å²) in [5, 5.41) is 9.54. The lowest BCUT2D eigenvalue weighted by molar-refractivity contribution is 0.0707. The summed E-state index contributed by atoms with van der Waals surface area (Å²) in [5.41, 5.74) is 2.26. The maximum Gasteiger partial charge on any atom is 0.279 e. The minimum atomic E-state index is 0.0802. The van der Waals surface area contributed by atoms with Crippen LogP contribution in [0.15, 0.2) is 48.5 Å². The maximum absolute atomic E-state index is 8.87. The molecule has 2 aromatic carbocycles. The lowest BCUT2D eigenvalue weighted by atomic mass is 10.1. The Morgan fingerprint density at radius 3 is 2.60 bits per heavy atom. The highest BCUT2D eigenvalue weighted by atomic mass is 32.1. The third kappa shape index (κ3) is 7.06. The van der Waals surface area contributed by atoms with E-state index >= 15 is 0 Å². The first-order valence-corrected chi connectivity index (χ1v) is 11.5. The molecule has 162 valence electrons. The van der Waals surface area contributed by atoms with Crippen LogP contribution in [-0.2, 0) is 11.2 Å². The van der Waals surface area contributed by atoms with E-state index < -0.39 is 0 Å². The van der Waals surface area contributed by atoms with Crippen LogP contribution in [0.25, 0.3) is 10.2 Å². The van der Waals surface area contributed by atoms with Gasteiger partial charge in [-0.15, -0.1) is 0 Å². The minimum Gasteiger partial charge on any atom is -0.431 e. The molecule has 0 amide bonds. The number of para-hydroxylation sites is 1. The van der Waals surface area contributed by atoms with E-state index in [4.69, 9.17) is 14.6 Å². The Morgan fingerprint density at radius 1 is 1.07 bits per heavy atom. The molecule has 1 heterocycles. The van der Waals surface area contributed by atoms with E-state index in [1.165, 1.54) is 12.0 Å². The molecule has 0 radical (unpaired) electrons. The van der Waals surface area contributed by atoms with Crippen molar-refractivity contribution in [3.63, 3.8) is 0 Å². The highest BCUT2D eigenvalue weighted by Gasteiger charge is 2.10. The molecule has 1 aromatic heterocycles. The van der Waals surface area contributed by atoms with Crippen molar-refractivity contribution in [3.05, 3.63) is 54.1 Å². The van der Waals surface area contributed by atoms with Crippen LogP contribution in [0.5, 0.6) is 10.9 Å². The highest BCUT2D eigenvalue weighted by molar-refractivity contribution is 7.20. The quantitative estimate of drug-likeness (QED) is 0.389. The van der Waals surface area contributed by atoms with Gasteiger partial charge in [0, 0.05) is 19.6 Å². The fourth-order valence-electron chi connectivity index (χ4n) is 3.23. The monoisotopic (exact) mass is 428 g/mol. The highest BCUT2D eigenvalue weighted by Crippen LogP contribution is 2.31. The number of hydrogen-bond donors (Lipinski definition) is 1. The van der Waals surface area contributed by atoms with E-state index in [1.807, 2.05) is 30.3 Å². The van der Waals surface area contributed by atoms with E-state index in [0.717, 1.165) is 42.0 Å². The summed E-state index contributed by atoms with van der Waals surface area (Å²) in [6.45, 7) is 8.62. The summed E-state index contributed by atoms with van der Waals surface area (Å²) in [6, 6.07) is 16.4. The Balaban J connectivity index is 1.52. The number of aliphatic hydroxyl groups excluding tert-OH is 1. The average molecular weight is 429 g/mol. The van der Waals surface area contributed by atoms with Crippen LogP contribution in [0.2, 0.25) is 0 Å². The second kappa shape index (κ2) is 12.0. The first-order chi connectivity index (χ1) is 14.7. The molecule has 0 aliphatic carbocycles. The summed E-state index contributed by atoms with van der Waals surface area (Å²) in [5.74, 6) is 1.47. The largest absolute Gasteiger partial charge is 0.431 e. The number of aromatic nitrogens is 1. The molecular formula is C24H32N2O3S. The molecule has 5 nitrogen and oxygen atoms in total. The Labute approximate surface area is 183 Å². The number of nitrogens with zero attached hydrogens (tertiary/aromatic N) is 2. The van der Waals surface area contributed by atoms with Gasteiger partial charge >= 0.3 is 0 Å². The summed E-state index contributed by atoms with van der Waals surface area (Å²) < 4.78 is 12.5. The summed E-state index contributed by atoms with van der Waals surface area (Å²) in [6.07, 6.45) is 2.16. The fraction of sp³-hybridized carbons (Fsp3) is 0.458. The molecule has 0 aliphatic rings. The molecule has 0 fully saturated rings. The van der Waals surface area contributed by atoms with Gasteiger partial charge in [0.25, 0.3) is 5.19 Å². The molecule has 3 rings (SSSR count).